The van der Waals surface area contributed by atoms with Crippen LogP contribution in [0.1, 0.15) is 20.7 Å². The van der Waals surface area contributed by atoms with Crippen LogP contribution in [0.5, 0.6) is 0 Å². The second kappa shape index (κ2) is 8.00. The highest BCUT2D eigenvalue weighted by molar-refractivity contribution is 6.00. The molecule has 0 aliphatic rings. The number of amides is 3. The van der Waals surface area contributed by atoms with E-state index in [1.807, 2.05) is 0 Å². The van der Waals surface area contributed by atoms with Crippen molar-refractivity contribution in [3.8, 4) is 0 Å². The van der Waals surface area contributed by atoms with Gasteiger partial charge in [-0.05, 0) is 36.4 Å². The highest BCUT2D eigenvalue weighted by Crippen LogP contribution is 2.10. The average molecular weight is 347 g/mol. The summed E-state index contributed by atoms with van der Waals surface area (Å²) in [5.74, 6) is -3.44. The van der Waals surface area contributed by atoms with Crippen molar-refractivity contribution in [2.45, 2.75) is 0 Å². The van der Waals surface area contributed by atoms with Crippen molar-refractivity contribution in [2.24, 2.45) is 0 Å². The predicted molar refractivity (Wildman–Crippen MR) is 87.2 cm³/mol. The van der Waals surface area contributed by atoms with Crippen LogP contribution < -0.4 is 16.0 Å². The van der Waals surface area contributed by atoms with E-state index < -0.39 is 30.0 Å². The van der Waals surface area contributed by atoms with Gasteiger partial charge in [-0.3, -0.25) is 14.4 Å². The zero-order valence-electron chi connectivity index (χ0n) is 13.2. The van der Waals surface area contributed by atoms with E-state index in [9.17, 15) is 23.2 Å². The quantitative estimate of drug-likeness (QED) is 0.769. The van der Waals surface area contributed by atoms with Gasteiger partial charge in [0.05, 0.1) is 12.1 Å². The van der Waals surface area contributed by atoms with Crippen molar-refractivity contribution in [3.63, 3.8) is 0 Å². The Morgan fingerprint density at radius 2 is 1.64 bits per heavy atom. The third-order valence-corrected chi connectivity index (χ3v) is 3.24. The molecule has 3 N–H and O–H groups in total. The Morgan fingerprint density at radius 3 is 2.24 bits per heavy atom. The van der Waals surface area contributed by atoms with Crippen molar-refractivity contribution in [1.82, 2.24) is 10.6 Å². The zero-order chi connectivity index (χ0) is 18.4. The van der Waals surface area contributed by atoms with Crippen molar-refractivity contribution in [1.29, 1.82) is 0 Å². The van der Waals surface area contributed by atoms with Gasteiger partial charge in [-0.15, -0.1) is 0 Å². The molecule has 25 heavy (non-hydrogen) atoms. The topological polar surface area (TPSA) is 87.3 Å². The lowest BCUT2D eigenvalue weighted by Crippen LogP contribution is -2.33. The van der Waals surface area contributed by atoms with Gasteiger partial charge in [0.25, 0.3) is 11.8 Å². The maximum Gasteiger partial charge on any atom is 0.254 e. The molecule has 2 aromatic rings. The molecule has 8 heteroatoms. The summed E-state index contributed by atoms with van der Waals surface area (Å²) in [6, 6.07) is 8.65. The molecule has 0 saturated carbocycles. The van der Waals surface area contributed by atoms with Crippen LogP contribution >= 0.6 is 0 Å². The Hall–Kier alpha value is -3.29. The molecule has 2 aromatic carbocycles. The second-order valence-electron chi connectivity index (χ2n) is 5.01. The van der Waals surface area contributed by atoms with E-state index in [1.165, 1.54) is 31.3 Å². The molecule has 0 heterocycles. The van der Waals surface area contributed by atoms with Gasteiger partial charge >= 0.3 is 0 Å². The summed E-state index contributed by atoms with van der Waals surface area (Å²) in [4.78, 5) is 35.0. The van der Waals surface area contributed by atoms with Crippen molar-refractivity contribution < 1.29 is 23.2 Å². The lowest BCUT2D eigenvalue weighted by molar-refractivity contribution is -0.115. The van der Waals surface area contributed by atoms with Crippen LogP contribution in [0, 0.1) is 11.6 Å². The molecular weight excluding hydrogens is 332 g/mol. The highest BCUT2D eigenvalue weighted by atomic mass is 19.1. The minimum Gasteiger partial charge on any atom is -0.355 e. The largest absolute Gasteiger partial charge is 0.355 e. The van der Waals surface area contributed by atoms with Gasteiger partial charge in [0.1, 0.15) is 11.6 Å². The van der Waals surface area contributed by atoms with Gasteiger partial charge in [-0.1, -0.05) is 0 Å². The Bertz CT molecular complexity index is 807. The molecular formula is C17H15F2N3O3. The Balaban J connectivity index is 1.90. The lowest BCUT2D eigenvalue weighted by atomic mass is 10.2. The molecule has 0 spiro atoms. The van der Waals surface area contributed by atoms with Gasteiger partial charge in [-0.25, -0.2) is 8.78 Å². The zero-order valence-corrected chi connectivity index (χ0v) is 13.2. The summed E-state index contributed by atoms with van der Waals surface area (Å²) in [5.41, 5.74) is 0.504. The van der Waals surface area contributed by atoms with Crippen LogP contribution in [0.3, 0.4) is 0 Å². The van der Waals surface area contributed by atoms with Crippen LogP contribution in [-0.4, -0.2) is 31.3 Å². The first kappa shape index (κ1) is 18.1. The summed E-state index contributed by atoms with van der Waals surface area (Å²) in [6.45, 7) is -0.396. The number of carbonyl (C=O) groups excluding carboxylic acids is 3. The number of hydrogen-bond donors (Lipinski definition) is 3. The highest BCUT2D eigenvalue weighted by Gasteiger charge is 2.13. The number of hydrogen-bond acceptors (Lipinski definition) is 3. The van der Waals surface area contributed by atoms with Gasteiger partial charge in [0.15, 0.2) is 0 Å². The van der Waals surface area contributed by atoms with E-state index in [0.29, 0.717) is 17.3 Å². The lowest BCUT2D eigenvalue weighted by Gasteiger charge is -2.08. The molecule has 130 valence electrons. The molecule has 2 rings (SSSR count). The second-order valence-corrected chi connectivity index (χ2v) is 5.01. The van der Waals surface area contributed by atoms with Gasteiger partial charge < -0.3 is 16.0 Å². The summed E-state index contributed by atoms with van der Waals surface area (Å²) < 4.78 is 26.3. The number of carbonyl (C=O) groups is 3. The first-order valence-corrected chi connectivity index (χ1v) is 7.26. The molecule has 0 aliphatic carbocycles. The predicted octanol–water partition coefficient (Wildman–Crippen LogP) is 1.69. The average Bonchev–Trinajstić information content (AvgIpc) is 2.59. The standard InChI is InChI=1S/C17H15F2N3O3/c1-20-16(24)10-2-5-12(6-3-10)22-15(23)9-21-17(25)13-7-4-11(18)8-14(13)19/h2-8H,9H2,1H3,(H,20,24)(H,21,25)(H,22,23). The van der Waals surface area contributed by atoms with Crippen molar-refractivity contribution >= 4 is 23.4 Å². The first-order valence-electron chi connectivity index (χ1n) is 7.26. The van der Waals surface area contributed by atoms with Crippen LogP contribution in [0.2, 0.25) is 0 Å². The molecule has 0 aromatic heterocycles. The van der Waals surface area contributed by atoms with E-state index in [1.54, 1.807) is 0 Å². The smallest absolute Gasteiger partial charge is 0.254 e. The third-order valence-electron chi connectivity index (χ3n) is 3.24. The number of nitrogens with one attached hydrogen (secondary N) is 3. The molecule has 6 nitrogen and oxygen atoms in total. The monoisotopic (exact) mass is 347 g/mol. The van der Waals surface area contributed by atoms with Crippen LogP contribution in [0.15, 0.2) is 42.5 Å². The molecule has 0 fully saturated rings. The molecule has 0 radical (unpaired) electrons. The fraction of sp³-hybridized carbons (Fsp3) is 0.118. The van der Waals surface area contributed by atoms with Crippen LogP contribution in [-0.2, 0) is 4.79 Å². The minimum atomic E-state index is -1.01. The van der Waals surface area contributed by atoms with E-state index in [-0.39, 0.29) is 11.5 Å². The molecule has 3 amide bonds. The van der Waals surface area contributed by atoms with E-state index in [2.05, 4.69) is 16.0 Å². The summed E-state index contributed by atoms with van der Waals surface area (Å²) in [5, 5.41) is 7.23. The third kappa shape index (κ3) is 4.84. The van der Waals surface area contributed by atoms with Crippen LogP contribution in [0.4, 0.5) is 14.5 Å². The van der Waals surface area contributed by atoms with Crippen LogP contribution in [0.25, 0.3) is 0 Å². The Morgan fingerprint density at radius 1 is 0.960 bits per heavy atom. The Kier molecular flexibility index (Phi) is 5.78. The van der Waals surface area contributed by atoms with E-state index >= 15 is 0 Å². The van der Waals surface area contributed by atoms with E-state index in [4.69, 9.17) is 0 Å². The molecule has 0 aliphatic heterocycles. The van der Waals surface area contributed by atoms with Gasteiger partial charge in [0.2, 0.25) is 5.91 Å². The van der Waals surface area contributed by atoms with Crippen molar-refractivity contribution in [3.05, 3.63) is 65.2 Å². The molecule has 0 bridgehead atoms. The fourth-order valence-electron chi connectivity index (χ4n) is 1.98. The summed E-state index contributed by atoms with van der Waals surface area (Å²) in [7, 11) is 1.50. The normalized spacial score (nSPS) is 10.0. The number of rotatable bonds is 5. The SMILES string of the molecule is CNC(=O)c1ccc(NC(=O)CNC(=O)c2ccc(F)cc2F)cc1. The number of anilines is 1. The van der Waals surface area contributed by atoms with Gasteiger partial charge in [0, 0.05) is 24.4 Å². The molecule has 0 saturated heterocycles. The molecule has 0 unspecified atom stereocenters. The maximum atomic E-state index is 13.5. The summed E-state index contributed by atoms with van der Waals surface area (Å²) in [6.07, 6.45) is 0. The number of halogens is 2. The van der Waals surface area contributed by atoms with Crippen molar-refractivity contribution in [2.75, 3.05) is 18.9 Å². The first-order chi connectivity index (χ1) is 11.9. The molecule has 0 atom stereocenters. The Labute approximate surface area is 142 Å². The van der Waals surface area contributed by atoms with Gasteiger partial charge in [-0.2, -0.15) is 0 Å². The maximum absolute atomic E-state index is 13.5. The number of benzene rings is 2. The summed E-state index contributed by atoms with van der Waals surface area (Å²) >= 11 is 0. The minimum absolute atomic E-state index is 0.258. The fourth-order valence-corrected chi connectivity index (χ4v) is 1.98. The van der Waals surface area contributed by atoms with E-state index in [0.717, 1.165) is 12.1 Å².